The molecule has 0 saturated carbocycles. The molecule has 0 radical (unpaired) electrons. The van der Waals surface area contributed by atoms with E-state index in [0.717, 1.165) is 16.1 Å². The summed E-state index contributed by atoms with van der Waals surface area (Å²) in [7, 11) is 3.92. The van der Waals surface area contributed by atoms with Gasteiger partial charge in [0.1, 0.15) is 0 Å². The van der Waals surface area contributed by atoms with Gasteiger partial charge in [-0.1, -0.05) is 35.9 Å². The molecule has 1 unspecified atom stereocenters. The zero-order valence-corrected chi connectivity index (χ0v) is 15.6. The fourth-order valence-corrected chi connectivity index (χ4v) is 3.50. The highest BCUT2D eigenvalue weighted by atomic mass is 35.5. The summed E-state index contributed by atoms with van der Waals surface area (Å²) in [5, 5.41) is 5.84. The molecule has 0 aliphatic rings. The Morgan fingerprint density at radius 1 is 1.08 bits per heavy atom. The number of nitrogens with zero attached hydrogens (tertiary/aromatic N) is 1. The van der Waals surface area contributed by atoms with Gasteiger partial charge >= 0.3 is 0 Å². The summed E-state index contributed by atoms with van der Waals surface area (Å²) in [6, 6.07) is 19.0. The Labute approximate surface area is 156 Å². The molecule has 3 rings (SSSR count). The molecule has 3 aromatic rings. The topological polar surface area (TPSA) is 32.3 Å². The highest BCUT2D eigenvalue weighted by Gasteiger charge is 2.19. The SMILES string of the molecule is CN(C)c1cccc(C(=O)NC(c2ccc(Cl)cc2)c2cccs2)c1. The summed E-state index contributed by atoms with van der Waals surface area (Å²) in [5.41, 5.74) is 2.64. The molecule has 2 aromatic carbocycles. The van der Waals surface area contributed by atoms with Gasteiger partial charge in [0.25, 0.3) is 5.91 Å². The van der Waals surface area contributed by atoms with Gasteiger partial charge in [-0.25, -0.2) is 0 Å². The number of halogens is 1. The van der Waals surface area contributed by atoms with Crippen LogP contribution >= 0.6 is 22.9 Å². The zero-order valence-electron chi connectivity index (χ0n) is 14.1. The average molecular weight is 371 g/mol. The van der Waals surface area contributed by atoms with E-state index in [9.17, 15) is 4.79 Å². The lowest BCUT2D eigenvalue weighted by Crippen LogP contribution is -2.29. The predicted molar refractivity (Wildman–Crippen MR) is 106 cm³/mol. The van der Waals surface area contributed by atoms with Crippen molar-refractivity contribution in [2.24, 2.45) is 0 Å². The molecule has 5 heteroatoms. The van der Waals surface area contributed by atoms with E-state index in [4.69, 9.17) is 11.6 Å². The van der Waals surface area contributed by atoms with E-state index < -0.39 is 0 Å². The van der Waals surface area contributed by atoms with Crippen LogP contribution in [0.1, 0.15) is 26.8 Å². The second-order valence-corrected chi connectivity index (χ2v) is 7.33. The van der Waals surface area contributed by atoms with Crippen LogP contribution in [0.25, 0.3) is 0 Å². The predicted octanol–water partition coefficient (Wildman–Crippen LogP) is 4.99. The van der Waals surface area contributed by atoms with E-state index in [2.05, 4.69) is 5.32 Å². The number of carbonyl (C=O) groups excluding carboxylic acids is 1. The summed E-state index contributed by atoms with van der Waals surface area (Å²) in [4.78, 5) is 15.9. The number of thiophene rings is 1. The van der Waals surface area contributed by atoms with Gasteiger partial charge in [-0.2, -0.15) is 0 Å². The number of carbonyl (C=O) groups is 1. The third kappa shape index (κ3) is 4.21. The van der Waals surface area contributed by atoms with Gasteiger partial charge in [-0.05, 0) is 47.3 Å². The lowest BCUT2D eigenvalue weighted by molar-refractivity contribution is 0.0943. The molecular weight excluding hydrogens is 352 g/mol. The summed E-state index contributed by atoms with van der Waals surface area (Å²) in [6.07, 6.45) is 0. The van der Waals surface area contributed by atoms with Crippen molar-refractivity contribution in [3.63, 3.8) is 0 Å². The quantitative estimate of drug-likeness (QED) is 0.686. The van der Waals surface area contributed by atoms with Crippen LogP contribution in [0.5, 0.6) is 0 Å². The minimum atomic E-state index is -0.201. The van der Waals surface area contributed by atoms with Crippen molar-refractivity contribution < 1.29 is 4.79 Å². The highest BCUT2D eigenvalue weighted by Crippen LogP contribution is 2.27. The second-order valence-electron chi connectivity index (χ2n) is 5.92. The Hall–Kier alpha value is -2.30. The molecule has 25 heavy (non-hydrogen) atoms. The largest absolute Gasteiger partial charge is 0.378 e. The molecular formula is C20H19ClN2OS. The number of nitrogens with one attached hydrogen (secondary N) is 1. The van der Waals surface area contributed by atoms with Gasteiger partial charge < -0.3 is 10.2 Å². The molecule has 0 bridgehead atoms. The average Bonchev–Trinajstić information content (AvgIpc) is 3.15. The Bertz CT molecular complexity index is 844. The zero-order chi connectivity index (χ0) is 17.8. The van der Waals surface area contributed by atoms with Crippen molar-refractivity contribution in [2.75, 3.05) is 19.0 Å². The summed E-state index contributed by atoms with van der Waals surface area (Å²) >= 11 is 7.62. The van der Waals surface area contributed by atoms with Crippen LogP contribution < -0.4 is 10.2 Å². The van der Waals surface area contributed by atoms with Crippen molar-refractivity contribution in [1.29, 1.82) is 0 Å². The fourth-order valence-electron chi connectivity index (χ4n) is 2.57. The van der Waals surface area contributed by atoms with Gasteiger partial charge in [0.05, 0.1) is 6.04 Å². The Balaban J connectivity index is 1.89. The van der Waals surface area contributed by atoms with Crippen LogP contribution in [0.3, 0.4) is 0 Å². The Morgan fingerprint density at radius 3 is 2.48 bits per heavy atom. The van der Waals surface area contributed by atoms with E-state index in [-0.39, 0.29) is 11.9 Å². The molecule has 0 saturated heterocycles. The first-order valence-corrected chi connectivity index (χ1v) is 9.17. The molecule has 3 nitrogen and oxygen atoms in total. The van der Waals surface area contributed by atoms with Gasteiger partial charge in [-0.15, -0.1) is 11.3 Å². The minimum absolute atomic E-state index is 0.1000. The molecule has 0 spiro atoms. The molecule has 1 amide bonds. The van der Waals surface area contributed by atoms with E-state index in [1.54, 1.807) is 11.3 Å². The molecule has 1 heterocycles. The highest BCUT2D eigenvalue weighted by molar-refractivity contribution is 7.10. The molecule has 1 N–H and O–H groups in total. The lowest BCUT2D eigenvalue weighted by Gasteiger charge is -2.19. The normalized spacial score (nSPS) is 11.8. The smallest absolute Gasteiger partial charge is 0.252 e. The molecule has 1 atom stereocenters. The summed E-state index contributed by atoms with van der Waals surface area (Å²) in [5.74, 6) is -0.1000. The van der Waals surface area contributed by atoms with Crippen LogP contribution in [-0.2, 0) is 0 Å². The van der Waals surface area contributed by atoms with Crippen molar-refractivity contribution in [1.82, 2.24) is 5.32 Å². The van der Waals surface area contributed by atoms with E-state index >= 15 is 0 Å². The Morgan fingerprint density at radius 2 is 1.84 bits per heavy atom. The van der Waals surface area contributed by atoms with Gasteiger partial charge in [0.15, 0.2) is 0 Å². The summed E-state index contributed by atoms with van der Waals surface area (Å²) in [6.45, 7) is 0. The van der Waals surface area contributed by atoms with E-state index in [1.807, 2.05) is 85.0 Å². The second kappa shape index (κ2) is 7.72. The lowest BCUT2D eigenvalue weighted by atomic mass is 10.0. The number of hydrogen-bond acceptors (Lipinski definition) is 3. The number of amides is 1. The first kappa shape index (κ1) is 17.5. The first-order valence-electron chi connectivity index (χ1n) is 7.92. The molecule has 0 aliphatic heterocycles. The minimum Gasteiger partial charge on any atom is -0.378 e. The number of anilines is 1. The number of benzene rings is 2. The molecule has 1 aromatic heterocycles. The molecule has 128 valence electrons. The van der Waals surface area contributed by atoms with Crippen molar-refractivity contribution in [2.45, 2.75) is 6.04 Å². The van der Waals surface area contributed by atoms with Crippen LogP contribution in [-0.4, -0.2) is 20.0 Å². The fraction of sp³-hybridized carbons (Fsp3) is 0.150. The van der Waals surface area contributed by atoms with E-state index in [1.165, 1.54) is 0 Å². The first-order chi connectivity index (χ1) is 12.0. The van der Waals surface area contributed by atoms with Crippen LogP contribution in [0.15, 0.2) is 66.0 Å². The van der Waals surface area contributed by atoms with Crippen molar-refractivity contribution >= 4 is 34.5 Å². The maximum atomic E-state index is 12.8. The van der Waals surface area contributed by atoms with Gasteiger partial charge in [-0.3, -0.25) is 4.79 Å². The van der Waals surface area contributed by atoms with Gasteiger partial charge in [0.2, 0.25) is 0 Å². The maximum absolute atomic E-state index is 12.8. The van der Waals surface area contributed by atoms with Crippen molar-refractivity contribution in [3.05, 3.63) is 87.1 Å². The molecule has 0 fully saturated rings. The van der Waals surface area contributed by atoms with Crippen LogP contribution in [0.4, 0.5) is 5.69 Å². The maximum Gasteiger partial charge on any atom is 0.252 e. The standard InChI is InChI=1S/C20H19ClN2OS/c1-23(2)17-6-3-5-15(13-17)20(24)22-19(18-7-4-12-25-18)14-8-10-16(21)11-9-14/h3-13,19H,1-2H3,(H,22,24). The Kier molecular flexibility index (Phi) is 5.41. The van der Waals surface area contributed by atoms with Gasteiger partial charge in [0, 0.05) is 35.2 Å². The third-order valence-electron chi connectivity index (χ3n) is 3.93. The number of rotatable bonds is 5. The number of hydrogen-bond donors (Lipinski definition) is 1. The third-order valence-corrected chi connectivity index (χ3v) is 5.12. The van der Waals surface area contributed by atoms with Crippen LogP contribution in [0.2, 0.25) is 5.02 Å². The van der Waals surface area contributed by atoms with E-state index in [0.29, 0.717) is 10.6 Å². The van der Waals surface area contributed by atoms with Crippen molar-refractivity contribution in [3.8, 4) is 0 Å². The monoisotopic (exact) mass is 370 g/mol. The van der Waals surface area contributed by atoms with Crippen LogP contribution in [0, 0.1) is 0 Å². The summed E-state index contributed by atoms with van der Waals surface area (Å²) < 4.78 is 0. The molecule has 0 aliphatic carbocycles.